The SMILES string of the molecule is CSc1cccc(NC(=O)Cn2nc3cc(-c4ccccn4)nc(C)n3c2=O)c1. The molecule has 1 N–H and O–H groups in total. The molecule has 0 aliphatic carbocycles. The van der Waals surface area contributed by atoms with Gasteiger partial charge in [-0.05, 0) is 43.5 Å². The fraction of sp³-hybridized carbons (Fsp3) is 0.150. The fourth-order valence-corrected chi connectivity index (χ4v) is 3.45. The molecule has 0 aliphatic rings. The number of rotatable bonds is 5. The van der Waals surface area contributed by atoms with Crippen LogP contribution in [0.2, 0.25) is 0 Å². The van der Waals surface area contributed by atoms with Gasteiger partial charge in [-0.2, -0.15) is 0 Å². The summed E-state index contributed by atoms with van der Waals surface area (Å²) in [5.74, 6) is 0.150. The second-order valence-corrected chi connectivity index (χ2v) is 7.20. The number of aromatic nitrogens is 5. The number of amides is 1. The van der Waals surface area contributed by atoms with Gasteiger partial charge in [0.15, 0.2) is 5.65 Å². The maximum atomic E-state index is 12.7. The molecule has 9 heteroatoms. The smallest absolute Gasteiger partial charge is 0.324 e. The molecule has 0 saturated carbocycles. The number of carbonyl (C=O) groups excluding carboxylic acids is 1. The molecule has 0 atom stereocenters. The zero-order valence-electron chi connectivity index (χ0n) is 15.9. The van der Waals surface area contributed by atoms with Crippen molar-refractivity contribution in [3.63, 3.8) is 0 Å². The van der Waals surface area contributed by atoms with Gasteiger partial charge in [0.2, 0.25) is 5.91 Å². The van der Waals surface area contributed by atoms with E-state index in [1.54, 1.807) is 37.0 Å². The van der Waals surface area contributed by atoms with Crippen molar-refractivity contribution >= 4 is 29.0 Å². The van der Waals surface area contributed by atoms with Crippen LogP contribution in [-0.4, -0.2) is 36.3 Å². The molecule has 0 fully saturated rings. The third-order valence-electron chi connectivity index (χ3n) is 4.31. The molecule has 8 nitrogen and oxygen atoms in total. The van der Waals surface area contributed by atoms with Crippen LogP contribution in [0, 0.1) is 6.92 Å². The van der Waals surface area contributed by atoms with Gasteiger partial charge in [0.1, 0.15) is 12.4 Å². The van der Waals surface area contributed by atoms with E-state index < -0.39 is 5.69 Å². The third kappa shape index (κ3) is 3.90. The maximum absolute atomic E-state index is 12.7. The van der Waals surface area contributed by atoms with Crippen LogP contribution < -0.4 is 11.0 Å². The molecule has 3 heterocycles. The van der Waals surface area contributed by atoms with Crippen molar-refractivity contribution in [2.24, 2.45) is 0 Å². The van der Waals surface area contributed by atoms with Gasteiger partial charge >= 0.3 is 5.69 Å². The summed E-state index contributed by atoms with van der Waals surface area (Å²) in [5, 5.41) is 7.11. The van der Waals surface area contributed by atoms with E-state index in [0.717, 1.165) is 9.58 Å². The summed E-state index contributed by atoms with van der Waals surface area (Å²) in [5.41, 5.74) is 1.98. The van der Waals surface area contributed by atoms with Crippen molar-refractivity contribution in [1.29, 1.82) is 0 Å². The van der Waals surface area contributed by atoms with E-state index in [-0.39, 0.29) is 12.5 Å². The fourth-order valence-electron chi connectivity index (χ4n) is 2.99. The number of fused-ring (bicyclic) bond motifs is 1. The molecule has 0 radical (unpaired) electrons. The van der Waals surface area contributed by atoms with Crippen molar-refractivity contribution in [3.05, 3.63) is 71.0 Å². The Bertz CT molecular complexity index is 1250. The summed E-state index contributed by atoms with van der Waals surface area (Å²) in [4.78, 5) is 34.9. The molecular formula is C20H18N6O2S. The van der Waals surface area contributed by atoms with E-state index in [0.29, 0.717) is 28.5 Å². The Morgan fingerprint density at radius 2 is 2.00 bits per heavy atom. The van der Waals surface area contributed by atoms with Crippen molar-refractivity contribution < 1.29 is 4.79 Å². The van der Waals surface area contributed by atoms with Crippen molar-refractivity contribution in [3.8, 4) is 11.4 Å². The molecule has 146 valence electrons. The number of anilines is 1. The Kier molecular flexibility index (Phi) is 5.13. The van der Waals surface area contributed by atoms with E-state index in [1.807, 2.05) is 42.7 Å². The molecule has 0 aliphatic heterocycles. The Morgan fingerprint density at radius 3 is 2.76 bits per heavy atom. The van der Waals surface area contributed by atoms with Gasteiger partial charge in [-0.3, -0.25) is 9.78 Å². The van der Waals surface area contributed by atoms with E-state index in [1.165, 1.54) is 4.40 Å². The second-order valence-electron chi connectivity index (χ2n) is 6.32. The largest absolute Gasteiger partial charge is 0.352 e. The van der Waals surface area contributed by atoms with Crippen LogP contribution in [0.5, 0.6) is 0 Å². The first kappa shape index (κ1) is 18.9. The average Bonchev–Trinajstić information content (AvgIpc) is 3.04. The number of hydrogen-bond acceptors (Lipinski definition) is 6. The molecule has 0 spiro atoms. The Balaban J connectivity index is 1.62. The molecular weight excluding hydrogens is 388 g/mol. The van der Waals surface area contributed by atoms with Crippen LogP contribution in [-0.2, 0) is 11.3 Å². The molecule has 4 rings (SSSR count). The molecule has 0 saturated heterocycles. The van der Waals surface area contributed by atoms with Crippen LogP contribution in [0.15, 0.2) is 64.4 Å². The van der Waals surface area contributed by atoms with E-state index >= 15 is 0 Å². The van der Waals surface area contributed by atoms with Gasteiger partial charge in [-0.1, -0.05) is 12.1 Å². The lowest BCUT2D eigenvalue weighted by Crippen LogP contribution is -2.28. The molecule has 4 aromatic rings. The molecule has 29 heavy (non-hydrogen) atoms. The average molecular weight is 406 g/mol. The normalized spacial score (nSPS) is 11.0. The highest BCUT2D eigenvalue weighted by atomic mass is 32.2. The highest BCUT2D eigenvalue weighted by molar-refractivity contribution is 7.98. The predicted molar refractivity (Wildman–Crippen MR) is 112 cm³/mol. The molecule has 3 aromatic heterocycles. The number of hydrogen-bond donors (Lipinski definition) is 1. The number of nitrogens with one attached hydrogen (secondary N) is 1. The standard InChI is InChI=1S/C20H18N6O2S/c1-13-22-17(16-8-3-4-9-21-16)11-18-24-25(20(28)26(13)18)12-19(27)23-14-6-5-7-15(10-14)29-2/h3-11H,12H2,1-2H3,(H,23,27). The van der Waals surface area contributed by atoms with E-state index in [4.69, 9.17) is 0 Å². The lowest BCUT2D eigenvalue weighted by Gasteiger charge is -2.06. The second kappa shape index (κ2) is 7.88. The summed E-state index contributed by atoms with van der Waals surface area (Å²) in [6.07, 6.45) is 3.64. The summed E-state index contributed by atoms with van der Waals surface area (Å²) in [6, 6.07) is 14.7. The zero-order chi connectivity index (χ0) is 20.4. The highest BCUT2D eigenvalue weighted by Crippen LogP contribution is 2.19. The van der Waals surface area contributed by atoms with E-state index in [2.05, 4.69) is 20.4 Å². The minimum atomic E-state index is -0.411. The first-order chi connectivity index (χ1) is 14.0. The first-order valence-electron chi connectivity index (χ1n) is 8.87. The van der Waals surface area contributed by atoms with Gasteiger partial charge in [0, 0.05) is 22.8 Å². The van der Waals surface area contributed by atoms with Gasteiger partial charge in [0.25, 0.3) is 0 Å². The Labute approximate surface area is 170 Å². The molecule has 1 aromatic carbocycles. The Morgan fingerprint density at radius 1 is 1.14 bits per heavy atom. The topological polar surface area (TPSA) is 94.2 Å². The minimum Gasteiger partial charge on any atom is -0.324 e. The number of aryl methyl sites for hydroxylation is 1. The van der Waals surface area contributed by atoms with Gasteiger partial charge in [-0.15, -0.1) is 16.9 Å². The number of benzene rings is 1. The highest BCUT2D eigenvalue weighted by Gasteiger charge is 2.15. The minimum absolute atomic E-state index is 0.192. The van der Waals surface area contributed by atoms with Crippen molar-refractivity contribution in [2.45, 2.75) is 18.4 Å². The van der Waals surface area contributed by atoms with Crippen LogP contribution >= 0.6 is 11.8 Å². The van der Waals surface area contributed by atoms with Crippen LogP contribution in [0.4, 0.5) is 5.69 Å². The number of thioether (sulfide) groups is 1. The summed E-state index contributed by atoms with van der Waals surface area (Å²) < 4.78 is 2.52. The monoisotopic (exact) mass is 406 g/mol. The van der Waals surface area contributed by atoms with Gasteiger partial charge in [0.05, 0.1) is 11.4 Å². The third-order valence-corrected chi connectivity index (χ3v) is 5.04. The lowest BCUT2D eigenvalue weighted by atomic mass is 10.2. The number of carbonyl (C=O) groups is 1. The summed E-state index contributed by atoms with van der Waals surface area (Å²) in [7, 11) is 0. The van der Waals surface area contributed by atoms with Crippen molar-refractivity contribution in [2.75, 3.05) is 11.6 Å². The van der Waals surface area contributed by atoms with Crippen molar-refractivity contribution in [1.82, 2.24) is 24.1 Å². The first-order valence-corrected chi connectivity index (χ1v) is 10.1. The molecule has 0 bridgehead atoms. The lowest BCUT2D eigenvalue weighted by molar-refractivity contribution is -0.117. The van der Waals surface area contributed by atoms with Crippen LogP contribution in [0.3, 0.4) is 0 Å². The van der Waals surface area contributed by atoms with E-state index in [9.17, 15) is 9.59 Å². The summed E-state index contributed by atoms with van der Waals surface area (Å²) in [6.45, 7) is 1.53. The predicted octanol–water partition coefficient (Wildman–Crippen LogP) is 2.62. The molecule has 1 amide bonds. The van der Waals surface area contributed by atoms with Crippen LogP contribution in [0.25, 0.3) is 17.0 Å². The number of pyridine rings is 1. The maximum Gasteiger partial charge on any atom is 0.352 e. The van der Waals surface area contributed by atoms with Crippen LogP contribution in [0.1, 0.15) is 5.82 Å². The Hall–Kier alpha value is -3.46. The van der Waals surface area contributed by atoms with Gasteiger partial charge < -0.3 is 5.32 Å². The zero-order valence-corrected chi connectivity index (χ0v) is 16.7. The molecule has 0 unspecified atom stereocenters. The quantitative estimate of drug-likeness (QED) is 0.512. The van der Waals surface area contributed by atoms with Gasteiger partial charge in [-0.25, -0.2) is 18.9 Å². The summed E-state index contributed by atoms with van der Waals surface area (Å²) >= 11 is 1.59. The number of nitrogens with zero attached hydrogens (tertiary/aromatic N) is 5.